The van der Waals surface area contributed by atoms with E-state index in [0.717, 1.165) is 58.3 Å². The van der Waals surface area contributed by atoms with Crippen LogP contribution in [0, 0.1) is 0 Å². The van der Waals surface area contributed by atoms with Crippen molar-refractivity contribution in [1.29, 1.82) is 0 Å². The summed E-state index contributed by atoms with van der Waals surface area (Å²) < 4.78 is 5.51. The molecular weight excluding hydrogens is 544 g/mol. The van der Waals surface area contributed by atoms with Crippen LogP contribution >= 0.6 is 0 Å². The Hall–Kier alpha value is -5.49. The fourth-order valence-electron chi connectivity index (χ4n) is 6.60. The number of hydrogen-bond donors (Lipinski definition) is 0. The summed E-state index contributed by atoms with van der Waals surface area (Å²) in [6, 6.07) is 40.3. The van der Waals surface area contributed by atoms with Crippen LogP contribution in [-0.2, 0) is 6.42 Å². The van der Waals surface area contributed by atoms with Crippen molar-refractivity contribution in [1.82, 2.24) is 4.90 Å². The van der Waals surface area contributed by atoms with Crippen LogP contribution < -0.4 is 9.75 Å². The average molecular weight is 575 g/mol. The van der Waals surface area contributed by atoms with Crippen molar-refractivity contribution in [3.05, 3.63) is 149 Å². The monoisotopic (exact) mass is 574 g/mol. The van der Waals surface area contributed by atoms with Crippen LogP contribution in [-0.4, -0.2) is 29.6 Å². The van der Waals surface area contributed by atoms with E-state index in [-0.39, 0.29) is 11.8 Å². The van der Waals surface area contributed by atoms with Gasteiger partial charge in [-0.05, 0) is 77.1 Å². The second-order valence-corrected chi connectivity index (χ2v) is 11.3. The third-order valence-electron chi connectivity index (χ3n) is 8.74. The number of para-hydroxylation sites is 1. The number of nitrogens with zero attached hydrogens (tertiary/aromatic N) is 4. The molecule has 2 aliphatic heterocycles. The second kappa shape index (κ2) is 10.7. The fourth-order valence-corrected chi connectivity index (χ4v) is 6.60. The maximum atomic E-state index is 14.5. The van der Waals surface area contributed by atoms with E-state index in [9.17, 15) is 4.79 Å². The highest BCUT2D eigenvalue weighted by Crippen LogP contribution is 2.46. The molecule has 0 radical (unpaired) electrons. The van der Waals surface area contributed by atoms with E-state index in [2.05, 4.69) is 47.4 Å². The minimum atomic E-state index is -0.272. The number of methoxy groups -OCH3 is 1. The summed E-state index contributed by atoms with van der Waals surface area (Å²) in [7, 11) is 1.68. The molecule has 0 bridgehead atoms. The molecule has 0 amide bonds. The lowest BCUT2D eigenvalue weighted by Gasteiger charge is -2.37. The molecule has 214 valence electrons. The van der Waals surface area contributed by atoms with Crippen molar-refractivity contribution in [2.24, 2.45) is 10.1 Å². The Morgan fingerprint density at radius 1 is 0.795 bits per heavy atom. The fraction of sp³-hybridized carbons (Fsp3) is 0.132. The van der Waals surface area contributed by atoms with E-state index in [4.69, 9.17) is 14.8 Å². The normalized spacial score (nSPS) is 17.3. The first-order valence-corrected chi connectivity index (χ1v) is 15.0. The molecule has 6 heteroatoms. The van der Waals surface area contributed by atoms with E-state index < -0.39 is 0 Å². The largest absolute Gasteiger partial charge is 0.497 e. The zero-order chi connectivity index (χ0) is 29.6. The highest BCUT2D eigenvalue weighted by Gasteiger charge is 2.46. The summed E-state index contributed by atoms with van der Waals surface area (Å²) in [4.78, 5) is 22.0. The van der Waals surface area contributed by atoms with E-state index in [1.807, 2.05) is 83.9 Å². The van der Waals surface area contributed by atoms with E-state index in [1.165, 1.54) is 11.1 Å². The highest BCUT2D eigenvalue weighted by molar-refractivity contribution is 6.49. The van der Waals surface area contributed by atoms with Gasteiger partial charge in [0, 0.05) is 11.1 Å². The van der Waals surface area contributed by atoms with Crippen LogP contribution in [0.5, 0.6) is 5.75 Å². The first-order chi connectivity index (χ1) is 21.7. The Bertz CT molecular complexity index is 2010. The maximum Gasteiger partial charge on any atom is 0.234 e. The third kappa shape index (κ3) is 4.30. The van der Waals surface area contributed by atoms with Gasteiger partial charge in [-0.1, -0.05) is 91.0 Å². The molecule has 44 heavy (non-hydrogen) atoms. The number of benzene rings is 5. The molecule has 0 spiro atoms. The summed E-state index contributed by atoms with van der Waals surface area (Å²) in [5, 5.41) is 8.98. The second-order valence-electron chi connectivity index (χ2n) is 11.3. The minimum Gasteiger partial charge on any atom is -0.497 e. The van der Waals surface area contributed by atoms with Crippen LogP contribution in [0.4, 0.5) is 5.69 Å². The standard InChI is InChI=1S/C38H30N4O2/c1-44-31-22-20-27(21-23-31)35-33-17-9-13-26-11-7-8-16-32(26)34(33)39-38-41(35)37(40-42(38)30-14-3-2-4-15-30)36(43)29-19-18-25-10-5-6-12-28(25)24-29/h2-8,10-12,14-16,18-24,35H,9,13,17H2,1H3. The summed E-state index contributed by atoms with van der Waals surface area (Å²) in [5.74, 6) is 1.62. The summed E-state index contributed by atoms with van der Waals surface area (Å²) in [6.07, 6.45) is 2.83. The number of amidine groups is 1. The van der Waals surface area contributed by atoms with Gasteiger partial charge in [0.1, 0.15) is 5.75 Å². The minimum absolute atomic E-state index is 0.140. The van der Waals surface area contributed by atoms with Gasteiger partial charge in [0.25, 0.3) is 0 Å². The number of hydrazone groups is 1. The Balaban J connectivity index is 1.35. The van der Waals surface area contributed by atoms with Crippen LogP contribution in [0.25, 0.3) is 16.5 Å². The van der Waals surface area contributed by atoms with Crippen molar-refractivity contribution in [2.75, 3.05) is 12.1 Å². The number of guanidine groups is 1. The summed E-state index contributed by atoms with van der Waals surface area (Å²) >= 11 is 0. The average Bonchev–Trinajstić information content (AvgIpc) is 3.36. The first kappa shape index (κ1) is 26.2. The SMILES string of the molecule is COc1ccc(C2C3=C(N=C4N(c5ccccc5)N=C(C(=O)c5ccc6ccccc6c5)N42)c2ccccc2CCC3)cc1. The van der Waals surface area contributed by atoms with Crippen LogP contribution in [0.2, 0.25) is 0 Å². The van der Waals surface area contributed by atoms with Gasteiger partial charge in [0.15, 0.2) is 0 Å². The lowest BCUT2D eigenvalue weighted by Crippen LogP contribution is -2.45. The highest BCUT2D eigenvalue weighted by atomic mass is 16.5. The van der Waals surface area contributed by atoms with Gasteiger partial charge >= 0.3 is 0 Å². The number of Topliss-reactive ketones (excluding diaryl/α,β-unsaturated/α-hetero) is 1. The molecule has 2 heterocycles. The molecule has 1 unspecified atom stereocenters. The molecule has 0 saturated carbocycles. The van der Waals surface area contributed by atoms with Gasteiger partial charge in [-0.2, -0.15) is 5.01 Å². The number of aryl methyl sites for hydroxylation is 1. The zero-order valence-electron chi connectivity index (χ0n) is 24.4. The van der Waals surface area contributed by atoms with Gasteiger partial charge in [-0.25, -0.2) is 4.99 Å². The molecule has 0 aromatic heterocycles. The van der Waals surface area contributed by atoms with Gasteiger partial charge in [-0.3, -0.25) is 9.69 Å². The first-order valence-electron chi connectivity index (χ1n) is 15.0. The Morgan fingerprint density at radius 2 is 1.55 bits per heavy atom. The number of fused-ring (bicyclic) bond motifs is 4. The number of carbonyl (C=O) groups is 1. The molecule has 5 aromatic rings. The van der Waals surface area contributed by atoms with Crippen molar-refractivity contribution < 1.29 is 9.53 Å². The molecule has 0 fully saturated rings. The lowest BCUT2D eigenvalue weighted by molar-refractivity contribution is 0.105. The Labute approximate surface area is 256 Å². The van der Waals surface area contributed by atoms with Crippen molar-refractivity contribution in [3.63, 3.8) is 0 Å². The molecule has 0 saturated heterocycles. The Morgan fingerprint density at radius 3 is 2.36 bits per heavy atom. The quantitative estimate of drug-likeness (QED) is 0.200. The van der Waals surface area contributed by atoms with E-state index >= 15 is 0 Å². The van der Waals surface area contributed by atoms with Gasteiger partial charge < -0.3 is 4.74 Å². The molecule has 8 rings (SSSR count). The molecule has 0 N–H and O–H groups in total. The van der Waals surface area contributed by atoms with Crippen molar-refractivity contribution in [2.45, 2.75) is 25.3 Å². The molecule has 6 nitrogen and oxygen atoms in total. The number of aliphatic imine (C=N–C) groups is 1. The summed E-state index contributed by atoms with van der Waals surface area (Å²) in [6.45, 7) is 0. The number of hydrogen-bond acceptors (Lipinski definition) is 6. The molecule has 5 aromatic carbocycles. The van der Waals surface area contributed by atoms with Crippen molar-refractivity contribution in [3.8, 4) is 5.75 Å². The van der Waals surface area contributed by atoms with E-state index in [1.54, 1.807) is 7.11 Å². The molecule has 1 aliphatic carbocycles. The third-order valence-corrected chi connectivity index (χ3v) is 8.74. The van der Waals surface area contributed by atoms with Crippen LogP contribution in [0.1, 0.15) is 45.9 Å². The number of ether oxygens (including phenoxy) is 1. The predicted molar refractivity (Wildman–Crippen MR) is 176 cm³/mol. The molecular formula is C38H30N4O2. The number of ketones is 1. The topological polar surface area (TPSA) is 57.5 Å². The van der Waals surface area contributed by atoms with E-state index in [0.29, 0.717) is 17.4 Å². The molecule has 1 atom stereocenters. The smallest absolute Gasteiger partial charge is 0.234 e. The maximum absolute atomic E-state index is 14.5. The predicted octanol–water partition coefficient (Wildman–Crippen LogP) is 8.03. The van der Waals surface area contributed by atoms with Crippen LogP contribution in [0.3, 0.4) is 0 Å². The van der Waals surface area contributed by atoms with Crippen LogP contribution in [0.15, 0.2) is 137 Å². The zero-order valence-corrected chi connectivity index (χ0v) is 24.4. The van der Waals surface area contributed by atoms with Gasteiger partial charge in [0.2, 0.25) is 17.6 Å². The molecule has 3 aliphatic rings. The number of rotatable bonds is 5. The lowest BCUT2D eigenvalue weighted by atomic mass is 9.89. The summed E-state index contributed by atoms with van der Waals surface area (Å²) in [5.41, 5.74) is 7.10. The van der Waals surface area contributed by atoms with Gasteiger partial charge in [0.05, 0.1) is 24.5 Å². The number of carbonyl (C=O) groups excluding carboxylic acids is 1. The Kier molecular flexibility index (Phi) is 6.33. The van der Waals surface area contributed by atoms with Crippen molar-refractivity contribution >= 4 is 39.7 Å². The number of anilines is 1. The van der Waals surface area contributed by atoms with Gasteiger partial charge in [-0.15, -0.1) is 5.10 Å².